The number of amides is 1. The molecule has 0 saturated carbocycles. The van der Waals surface area contributed by atoms with Crippen LogP contribution in [0.25, 0.3) is 10.2 Å². The minimum Gasteiger partial charge on any atom is -0.345 e. The number of benzene rings is 2. The molecule has 0 N–H and O–H groups in total. The van der Waals surface area contributed by atoms with Crippen LogP contribution in [0.15, 0.2) is 47.4 Å². The zero-order valence-corrected chi connectivity index (χ0v) is 20.4. The average molecular weight is 473 g/mol. The van der Waals surface area contributed by atoms with Crippen molar-refractivity contribution in [3.05, 3.63) is 53.6 Å². The molecule has 1 saturated heterocycles. The van der Waals surface area contributed by atoms with Crippen molar-refractivity contribution in [2.45, 2.75) is 24.7 Å². The molecule has 1 aliphatic rings. The molecular weight excluding hydrogens is 444 g/mol. The smallest absolute Gasteiger partial charge is 0.253 e. The van der Waals surface area contributed by atoms with Gasteiger partial charge in [-0.2, -0.15) is 0 Å². The molecule has 9 heteroatoms. The highest BCUT2D eigenvalue weighted by Gasteiger charge is 2.25. The minimum atomic E-state index is -3.51. The van der Waals surface area contributed by atoms with Gasteiger partial charge in [-0.3, -0.25) is 4.79 Å². The van der Waals surface area contributed by atoms with Gasteiger partial charge in [0.2, 0.25) is 10.0 Å². The maximum absolute atomic E-state index is 12.9. The second kappa shape index (κ2) is 8.80. The third-order valence-corrected chi connectivity index (χ3v) is 8.69. The Morgan fingerprint density at radius 1 is 1.03 bits per heavy atom. The Kier molecular flexibility index (Phi) is 6.24. The molecule has 1 fully saturated rings. The van der Waals surface area contributed by atoms with Gasteiger partial charge in [0, 0.05) is 45.8 Å². The number of sulfonamides is 1. The van der Waals surface area contributed by atoms with Gasteiger partial charge in [0.1, 0.15) is 0 Å². The Balaban J connectivity index is 1.44. The van der Waals surface area contributed by atoms with Crippen molar-refractivity contribution in [3.63, 3.8) is 0 Å². The molecule has 4 rings (SSSR count). The van der Waals surface area contributed by atoms with Gasteiger partial charge in [0.25, 0.3) is 5.91 Å². The fourth-order valence-corrected chi connectivity index (χ4v) is 5.78. The maximum atomic E-state index is 12.9. The summed E-state index contributed by atoms with van der Waals surface area (Å²) in [7, 11) is -0.528. The molecule has 1 aliphatic heterocycles. The van der Waals surface area contributed by atoms with Crippen molar-refractivity contribution in [1.82, 2.24) is 14.2 Å². The van der Waals surface area contributed by atoms with E-state index in [9.17, 15) is 13.2 Å². The molecule has 3 aromatic rings. The van der Waals surface area contributed by atoms with Crippen LogP contribution in [0.4, 0.5) is 5.13 Å². The molecule has 0 spiro atoms. The quantitative estimate of drug-likeness (QED) is 0.567. The lowest BCUT2D eigenvalue weighted by Gasteiger charge is -2.34. The second-order valence-electron chi connectivity index (χ2n) is 8.44. The van der Waals surface area contributed by atoms with Crippen LogP contribution in [0.1, 0.15) is 35.7 Å². The van der Waals surface area contributed by atoms with Gasteiger partial charge in [0.05, 0.1) is 15.1 Å². The predicted octanol–water partition coefficient (Wildman–Crippen LogP) is 3.63. The topological polar surface area (TPSA) is 73.8 Å². The Morgan fingerprint density at radius 3 is 2.28 bits per heavy atom. The highest BCUT2D eigenvalue weighted by molar-refractivity contribution is 7.89. The average Bonchev–Trinajstić information content (AvgIpc) is 3.23. The second-order valence-corrected chi connectivity index (χ2v) is 11.6. The summed E-state index contributed by atoms with van der Waals surface area (Å²) in [6.45, 7) is 7.00. The van der Waals surface area contributed by atoms with Gasteiger partial charge in [-0.25, -0.2) is 17.7 Å². The van der Waals surface area contributed by atoms with Crippen LogP contribution in [-0.4, -0.2) is 68.8 Å². The molecule has 0 atom stereocenters. The molecular formula is C23H28N4O3S2. The monoisotopic (exact) mass is 472 g/mol. The van der Waals surface area contributed by atoms with Crippen LogP contribution in [-0.2, 0) is 10.0 Å². The van der Waals surface area contributed by atoms with Crippen LogP contribution in [0, 0.1) is 0 Å². The van der Waals surface area contributed by atoms with Gasteiger partial charge >= 0.3 is 0 Å². The lowest BCUT2D eigenvalue weighted by molar-refractivity contribution is 0.0746. The number of carbonyl (C=O) groups excluding carboxylic acids is 1. The molecule has 7 nitrogen and oxygen atoms in total. The number of anilines is 1. The van der Waals surface area contributed by atoms with Crippen molar-refractivity contribution >= 4 is 42.6 Å². The molecule has 1 amide bonds. The summed E-state index contributed by atoms with van der Waals surface area (Å²) in [5.41, 5.74) is 2.84. The van der Waals surface area contributed by atoms with Gasteiger partial charge in [-0.1, -0.05) is 37.3 Å². The number of fused-ring (bicyclic) bond motifs is 1. The molecule has 1 aromatic heterocycles. The van der Waals surface area contributed by atoms with Crippen LogP contribution in [0.2, 0.25) is 0 Å². The van der Waals surface area contributed by atoms with E-state index in [1.165, 1.54) is 36.5 Å². The number of piperazine rings is 1. The van der Waals surface area contributed by atoms with E-state index in [4.69, 9.17) is 4.98 Å². The van der Waals surface area contributed by atoms with E-state index in [0.29, 0.717) is 24.6 Å². The van der Waals surface area contributed by atoms with E-state index in [0.717, 1.165) is 28.0 Å². The Bertz CT molecular complexity index is 1230. The summed E-state index contributed by atoms with van der Waals surface area (Å²) < 4.78 is 26.8. The number of nitrogens with zero attached hydrogens (tertiary/aromatic N) is 4. The molecule has 2 aromatic carbocycles. The fourth-order valence-electron chi connectivity index (χ4n) is 3.82. The van der Waals surface area contributed by atoms with E-state index < -0.39 is 10.0 Å². The van der Waals surface area contributed by atoms with Gasteiger partial charge in [0.15, 0.2) is 5.13 Å². The third kappa shape index (κ3) is 4.24. The summed E-state index contributed by atoms with van der Waals surface area (Å²) in [6, 6.07) is 12.5. The number of rotatable bonds is 5. The number of carbonyl (C=O) groups is 1. The molecule has 2 heterocycles. The van der Waals surface area contributed by atoms with Crippen molar-refractivity contribution in [2.24, 2.45) is 0 Å². The summed E-state index contributed by atoms with van der Waals surface area (Å²) in [5.74, 6) is 0.340. The van der Waals surface area contributed by atoms with Crippen LogP contribution >= 0.6 is 11.3 Å². The first-order chi connectivity index (χ1) is 15.2. The third-order valence-electron chi connectivity index (χ3n) is 5.78. The maximum Gasteiger partial charge on any atom is 0.253 e. The molecule has 0 unspecified atom stereocenters. The van der Waals surface area contributed by atoms with E-state index in [1.807, 2.05) is 4.90 Å². The zero-order chi connectivity index (χ0) is 23.0. The van der Waals surface area contributed by atoms with Crippen molar-refractivity contribution in [2.75, 3.05) is 45.2 Å². The van der Waals surface area contributed by atoms with Gasteiger partial charge < -0.3 is 9.80 Å². The summed E-state index contributed by atoms with van der Waals surface area (Å²) in [4.78, 5) is 22.1. The molecule has 0 bridgehead atoms. The van der Waals surface area contributed by atoms with Crippen molar-refractivity contribution < 1.29 is 13.2 Å². The largest absolute Gasteiger partial charge is 0.345 e. The van der Waals surface area contributed by atoms with E-state index >= 15 is 0 Å². The molecule has 170 valence electrons. The zero-order valence-electron chi connectivity index (χ0n) is 18.8. The number of aromatic nitrogens is 1. The lowest BCUT2D eigenvalue weighted by atomic mass is 10.0. The van der Waals surface area contributed by atoms with Crippen molar-refractivity contribution in [1.29, 1.82) is 0 Å². The standard InChI is InChI=1S/C23H28N4O3S2/c1-16(2)19-6-5-7-20-21(19)24-23(31-20)27-14-12-26(13-15-27)22(28)17-8-10-18(11-9-17)32(29,30)25(3)4/h5-11,16H,12-15H2,1-4H3. The van der Waals surface area contributed by atoms with E-state index in [1.54, 1.807) is 23.5 Å². The fraction of sp³-hybridized carbons (Fsp3) is 0.391. The summed E-state index contributed by atoms with van der Waals surface area (Å²) in [5, 5.41) is 0.999. The van der Waals surface area contributed by atoms with Crippen LogP contribution in [0.5, 0.6) is 0 Å². The lowest BCUT2D eigenvalue weighted by Crippen LogP contribution is -2.48. The Labute approximate surface area is 193 Å². The van der Waals surface area contributed by atoms with Crippen LogP contribution in [0.3, 0.4) is 0 Å². The van der Waals surface area contributed by atoms with Crippen molar-refractivity contribution in [3.8, 4) is 0 Å². The highest BCUT2D eigenvalue weighted by atomic mass is 32.2. The number of hydrogen-bond donors (Lipinski definition) is 0. The minimum absolute atomic E-state index is 0.0788. The first-order valence-electron chi connectivity index (χ1n) is 10.6. The first-order valence-corrected chi connectivity index (χ1v) is 12.9. The normalized spacial score (nSPS) is 15.2. The Hall–Kier alpha value is -2.49. The number of para-hydroxylation sites is 1. The number of thiazole rings is 1. The van der Waals surface area contributed by atoms with E-state index in [-0.39, 0.29) is 10.8 Å². The van der Waals surface area contributed by atoms with Crippen LogP contribution < -0.4 is 4.90 Å². The molecule has 0 aliphatic carbocycles. The highest BCUT2D eigenvalue weighted by Crippen LogP contribution is 2.33. The predicted molar refractivity (Wildman–Crippen MR) is 129 cm³/mol. The summed E-state index contributed by atoms with van der Waals surface area (Å²) >= 11 is 1.70. The SMILES string of the molecule is CC(C)c1cccc2sc(N3CCN(C(=O)c4ccc(S(=O)(=O)N(C)C)cc4)CC3)nc12. The Morgan fingerprint density at radius 2 is 1.69 bits per heavy atom. The molecule has 0 radical (unpaired) electrons. The summed E-state index contributed by atoms with van der Waals surface area (Å²) in [6.07, 6.45) is 0. The number of hydrogen-bond acceptors (Lipinski definition) is 6. The van der Waals surface area contributed by atoms with Gasteiger partial charge in [-0.05, 0) is 41.8 Å². The van der Waals surface area contributed by atoms with E-state index in [2.05, 4.69) is 36.9 Å². The van der Waals surface area contributed by atoms with Gasteiger partial charge in [-0.15, -0.1) is 0 Å². The molecule has 32 heavy (non-hydrogen) atoms. The first kappa shape index (κ1) is 22.7.